The standard InChI is InChI=1S/C5H4N3O3P/c6-1-4(2-7)5(3-8)11-12(9)10/h4-5,9-10H. The third kappa shape index (κ3) is 3.25. The Hall–Kier alpha value is -1.22. The fraction of sp³-hybridized carbons (Fsp3) is 0.400. The van der Waals surface area contributed by atoms with Crippen LogP contribution in [-0.2, 0) is 4.52 Å². The van der Waals surface area contributed by atoms with Crippen molar-refractivity contribution in [2.45, 2.75) is 6.10 Å². The van der Waals surface area contributed by atoms with E-state index in [1.54, 1.807) is 0 Å². The molecule has 0 aromatic heterocycles. The predicted octanol–water partition coefficient (Wildman–Crippen LogP) is -0.230. The number of rotatable bonds is 3. The molecule has 0 fully saturated rings. The van der Waals surface area contributed by atoms with Crippen LogP contribution in [0.15, 0.2) is 0 Å². The van der Waals surface area contributed by atoms with E-state index in [0.717, 1.165) is 0 Å². The van der Waals surface area contributed by atoms with Crippen LogP contribution in [0.5, 0.6) is 0 Å². The van der Waals surface area contributed by atoms with Gasteiger partial charge in [-0.2, -0.15) is 15.8 Å². The highest BCUT2D eigenvalue weighted by Crippen LogP contribution is 2.28. The van der Waals surface area contributed by atoms with E-state index in [2.05, 4.69) is 4.52 Å². The van der Waals surface area contributed by atoms with Gasteiger partial charge in [0.15, 0.2) is 12.0 Å². The van der Waals surface area contributed by atoms with E-state index >= 15 is 0 Å². The summed E-state index contributed by atoms with van der Waals surface area (Å²) in [6.45, 7) is 0. The summed E-state index contributed by atoms with van der Waals surface area (Å²) in [4.78, 5) is 16.6. The minimum absolute atomic E-state index is 1.31. The molecule has 6 nitrogen and oxygen atoms in total. The van der Waals surface area contributed by atoms with Crippen LogP contribution in [0.2, 0.25) is 0 Å². The van der Waals surface area contributed by atoms with Crippen LogP contribution in [0.3, 0.4) is 0 Å². The Labute approximate surface area is 69.8 Å². The van der Waals surface area contributed by atoms with Crippen molar-refractivity contribution in [3.8, 4) is 18.2 Å². The third-order valence-corrected chi connectivity index (χ3v) is 1.33. The minimum atomic E-state index is -2.71. The lowest BCUT2D eigenvalue weighted by atomic mass is 10.1. The molecule has 0 rings (SSSR count). The molecule has 0 saturated carbocycles. The average molecular weight is 185 g/mol. The normalized spacial score (nSPS) is 11.8. The van der Waals surface area contributed by atoms with Crippen LogP contribution in [0.4, 0.5) is 0 Å². The summed E-state index contributed by atoms with van der Waals surface area (Å²) < 4.78 is 4.21. The van der Waals surface area contributed by atoms with Crippen molar-refractivity contribution in [1.82, 2.24) is 0 Å². The quantitative estimate of drug-likeness (QED) is 0.585. The number of nitriles is 3. The van der Waals surface area contributed by atoms with E-state index in [9.17, 15) is 0 Å². The molecule has 0 saturated heterocycles. The molecule has 2 N–H and O–H groups in total. The lowest BCUT2D eigenvalue weighted by molar-refractivity contribution is 0.197. The Morgan fingerprint density at radius 1 is 1.08 bits per heavy atom. The molecular weight excluding hydrogens is 181 g/mol. The molecule has 0 bridgehead atoms. The number of nitrogens with zero attached hydrogens (tertiary/aromatic N) is 3. The first-order valence-corrected chi connectivity index (χ1v) is 3.85. The molecule has 0 spiro atoms. The molecule has 0 amide bonds. The fourth-order valence-electron chi connectivity index (χ4n) is 0.425. The first-order valence-electron chi connectivity index (χ1n) is 2.69. The molecule has 0 aliphatic carbocycles. The van der Waals surface area contributed by atoms with Crippen LogP contribution in [-0.4, -0.2) is 15.9 Å². The Balaban J connectivity index is 4.30. The number of hydrogen-bond donors (Lipinski definition) is 2. The molecule has 0 radical (unpaired) electrons. The molecule has 0 aliphatic rings. The highest BCUT2D eigenvalue weighted by atomic mass is 31.2. The second-order valence-electron chi connectivity index (χ2n) is 1.64. The van der Waals surface area contributed by atoms with Gasteiger partial charge in [-0.05, 0) is 0 Å². The largest absolute Gasteiger partial charge is 0.328 e. The van der Waals surface area contributed by atoms with Crippen LogP contribution >= 0.6 is 8.60 Å². The summed E-state index contributed by atoms with van der Waals surface area (Å²) in [6.07, 6.45) is -1.42. The van der Waals surface area contributed by atoms with Gasteiger partial charge in [0.1, 0.15) is 0 Å². The molecule has 0 heterocycles. The van der Waals surface area contributed by atoms with Gasteiger partial charge in [-0.1, -0.05) is 0 Å². The minimum Gasteiger partial charge on any atom is -0.328 e. The Bertz CT molecular complexity index is 247. The summed E-state index contributed by atoms with van der Waals surface area (Å²) in [5, 5.41) is 24.9. The molecular formula is C5H4N3O3P. The molecule has 0 aliphatic heterocycles. The van der Waals surface area contributed by atoms with Crippen molar-refractivity contribution in [3.05, 3.63) is 0 Å². The zero-order valence-electron chi connectivity index (χ0n) is 5.75. The molecule has 1 atom stereocenters. The summed E-state index contributed by atoms with van der Waals surface area (Å²) >= 11 is 0. The fourth-order valence-corrected chi connectivity index (χ4v) is 0.797. The van der Waals surface area contributed by atoms with Gasteiger partial charge in [0, 0.05) is 0 Å². The van der Waals surface area contributed by atoms with Crippen molar-refractivity contribution in [2.75, 3.05) is 0 Å². The van der Waals surface area contributed by atoms with Crippen molar-refractivity contribution in [3.63, 3.8) is 0 Å². The maximum atomic E-state index is 8.32. The Morgan fingerprint density at radius 3 is 1.83 bits per heavy atom. The second-order valence-corrected chi connectivity index (χ2v) is 2.36. The zero-order valence-corrected chi connectivity index (χ0v) is 6.64. The van der Waals surface area contributed by atoms with Gasteiger partial charge in [-0.15, -0.1) is 0 Å². The van der Waals surface area contributed by atoms with Gasteiger partial charge >= 0.3 is 8.60 Å². The molecule has 0 aromatic carbocycles. The smallest absolute Gasteiger partial charge is 0.328 e. The highest BCUT2D eigenvalue weighted by molar-refractivity contribution is 7.39. The van der Waals surface area contributed by atoms with Crippen LogP contribution in [0.25, 0.3) is 0 Å². The Kier molecular flexibility index (Phi) is 4.88. The van der Waals surface area contributed by atoms with E-state index in [4.69, 9.17) is 25.6 Å². The first kappa shape index (κ1) is 10.8. The Morgan fingerprint density at radius 2 is 1.58 bits per heavy atom. The summed E-state index contributed by atoms with van der Waals surface area (Å²) in [7, 11) is -2.71. The third-order valence-electron chi connectivity index (χ3n) is 0.916. The molecule has 0 aromatic rings. The topological polar surface area (TPSA) is 121 Å². The predicted molar refractivity (Wildman–Crippen MR) is 36.6 cm³/mol. The van der Waals surface area contributed by atoms with E-state index in [0.29, 0.717) is 0 Å². The molecule has 62 valence electrons. The van der Waals surface area contributed by atoms with Crippen LogP contribution < -0.4 is 0 Å². The monoisotopic (exact) mass is 185 g/mol. The SMILES string of the molecule is N#CC(C#N)C(C#N)OP(O)O. The molecule has 1 unspecified atom stereocenters. The van der Waals surface area contributed by atoms with E-state index < -0.39 is 20.6 Å². The average Bonchev–Trinajstić information content (AvgIpc) is 2.04. The van der Waals surface area contributed by atoms with Gasteiger partial charge in [-0.3, -0.25) is 4.52 Å². The van der Waals surface area contributed by atoms with Gasteiger partial charge in [0.2, 0.25) is 0 Å². The van der Waals surface area contributed by atoms with E-state index in [-0.39, 0.29) is 0 Å². The maximum absolute atomic E-state index is 8.32. The van der Waals surface area contributed by atoms with Crippen molar-refractivity contribution in [2.24, 2.45) is 5.92 Å². The van der Waals surface area contributed by atoms with Gasteiger partial charge in [-0.25, -0.2) is 0 Å². The summed E-state index contributed by atoms with van der Waals surface area (Å²) in [5.41, 5.74) is 0. The first-order chi connectivity index (χ1) is 5.65. The molecule has 7 heteroatoms. The van der Waals surface area contributed by atoms with Gasteiger partial charge < -0.3 is 9.79 Å². The molecule has 12 heavy (non-hydrogen) atoms. The van der Waals surface area contributed by atoms with Gasteiger partial charge in [0.05, 0.1) is 18.2 Å². The lowest BCUT2D eigenvalue weighted by Crippen LogP contribution is -2.17. The van der Waals surface area contributed by atoms with E-state index in [1.165, 1.54) is 18.2 Å². The maximum Gasteiger partial charge on any atom is 0.328 e. The second kappa shape index (κ2) is 5.43. The van der Waals surface area contributed by atoms with Crippen molar-refractivity contribution >= 4 is 8.60 Å². The van der Waals surface area contributed by atoms with Crippen molar-refractivity contribution in [1.29, 1.82) is 15.8 Å². The van der Waals surface area contributed by atoms with Crippen LogP contribution in [0, 0.1) is 39.9 Å². The van der Waals surface area contributed by atoms with E-state index in [1.807, 2.05) is 0 Å². The number of hydrogen-bond acceptors (Lipinski definition) is 6. The van der Waals surface area contributed by atoms with Gasteiger partial charge in [0.25, 0.3) is 0 Å². The highest BCUT2D eigenvalue weighted by Gasteiger charge is 2.24. The van der Waals surface area contributed by atoms with Crippen molar-refractivity contribution < 1.29 is 14.3 Å². The van der Waals surface area contributed by atoms with Crippen LogP contribution in [0.1, 0.15) is 0 Å². The summed E-state index contributed by atoms with van der Waals surface area (Å²) in [6, 6.07) is 4.44. The summed E-state index contributed by atoms with van der Waals surface area (Å²) in [5.74, 6) is -1.31. The zero-order chi connectivity index (χ0) is 9.56. The lowest BCUT2D eigenvalue weighted by Gasteiger charge is -2.09.